The van der Waals surface area contributed by atoms with Crippen LogP contribution in [0.2, 0.25) is 10.0 Å². The Kier molecular flexibility index (Phi) is 5.96. The molecule has 2 aliphatic heterocycles. The number of carbonyl (C=O) groups excluding carboxylic acids is 3. The number of hydrogen-bond donors (Lipinski definition) is 2. The highest BCUT2D eigenvalue weighted by atomic mass is 35.5. The van der Waals surface area contributed by atoms with Crippen LogP contribution in [0.4, 0.5) is 4.79 Å². The molecule has 0 bridgehead atoms. The molecule has 1 aromatic rings. The minimum Gasteiger partial charge on any atom is -0.351 e. The molecule has 2 aliphatic rings. The first-order valence-electron chi connectivity index (χ1n) is 8.80. The predicted molar refractivity (Wildman–Crippen MR) is 107 cm³/mol. The fourth-order valence-electron chi connectivity index (χ4n) is 3.39. The lowest BCUT2D eigenvalue weighted by Crippen LogP contribution is -2.47. The summed E-state index contributed by atoms with van der Waals surface area (Å²) in [5.74, 6) is -0.602. The van der Waals surface area contributed by atoms with Gasteiger partial charge in [-0.05, 0) is 24.6 Å². The fourth-order valence-corrected chi connectivity index (χ4v) is 3.91. The summed E-state index contributed by atoms with van der Waals surface area (Å²) >= 11 is 12.3. The maximum absolute atomic E-state index is 13.1. The number of carbonyl (C=O) groups is 3. The van der Waals surface area contributed by atoms with Gasteiger partial charge in [0, 0.05) is 23.1 Å². The molecule has 0 fully saturated rings. The van der Waals surface area contributed by atoms with Gasteiger partial charge < -0.3 is 15.5 Å². The molecule has 2 heterocycles. The third kappa shape index (κ3) is 3.72. The molecular weight excluding hydrogens is 403 g/mol. The smallest absolute Gasteiger partial charge is 0.322 e. The zero-order chi connectivity index (χ0) is 20.4. The second-order valence-electron chi connectivity index (χ2n) is 6.41. The Balaban J connectivity index is 1.95. The summed E-state index contributed by atoms with van der Waals surface area (Å²) in [4.78, 5) is 40.7. The largest absolute Gasteiger partial charge is 0.351 e. The van der Waals surface area contributed by atoms with Gasteiger partial charge in [-0.3, -0.25) is 14.5 Å². The number of amides is 4. The number of hydrogen-bond acceptors (Lipinski definition) is 3. The van der Waals surface area contributed by atoms with Crippen molar-refractivity contribution in [3.8, 4) is 0 Å². The van der Waals surface area contributed by atoms with Gasteiger partial charge in [-0.2, -0.15) is 0 Å². The summed E-state index contributed by atoms with van der Waals surface area (Å²) < 4.78 is 0. The van der Waals surface area contributed by atoms with Gasteiger partial charge in [0.15, 0.2) is 0 Å². The van der Waals surface area contributed by atoms with Gasteiger partial charge in [0.1, 0.15) is 6.54 Å². The lowest BCUT2D eigenvalue weighted by Gasteiger charge is -2.33. The van der Waals surface area contributed by atoms with Gasteiger partial charge in [-0.25, -0.2) is 4.79 Å². The predicted octanol–water partition coefficient (Wildman–Crippen LogP) is 2.48. The minimum atomic E-state index is -0.705. The zero-order valence-corrected chi connectivity index (χ0v) is 16.8. The monoisotopic (exact) mass is 422 g/mol. The van der Waals surface area contributed by atoms with Crippen LogP contribution >= 0.6 is 23.2 Å². The average Bonchev–Trinajstić information content (AvgIpc) is 2.96. The van der Waals surface area contributed by atoms with E-state index >= 15 is 0 Å². The van der Waals surface area contributed by atoms with E-state index in [1.807, 2.05) is 6.92 Å². The lowest BCUT2D eigenvalue weighted by atomic mass is 9.95. The summed E-state index contributed by atoms with van der Waals surface area (Å²) in [7, 11) is 0. The number of benzene rings is 1. The van der Waals surface area contributed by atoms with Gasteiger partial charge >= 0.3 is 6.03 Å². The fraction of sp³-hybridized carbons (Fsp3) is 0.316. The van der Waals surface area contributed by atoms with Gasteiger partial charge in [0.05, 0.1) is 23.9 Å². The Morgan fingerprint density at radius 1 is 1.39 bits per heavy atom. The Morgan fingerprint density at radius 2 is 2.14 bits per heavy atom. The third-order valence-electron chi connectivity index (χ3n) is 4.66. The van der Waals surface area contributed by atoms with Gasteiger partial charge in [-0.15, -0.1) is 6.58 Å². The molecule has 0 spiro atoms. The van der Waals surface area contributed by atoms with Crippen LogP contribution < -0.4 is 10.6 Å². The number of rotatable bonds is 6. The van der Waals surface area contributed by atoms with Crippen LogP contribution in [0.15, 0.2) is 42.1 Å². The second-order valence-corrected chi connectivity index (χ2v) is 7.25. The summed E-state index contributed by atoms with van der Waals surface area (Å²) in [6.07, 6.45) is 1.56. The number of likely N-dealkylation sites (N-methyl/N-ethyl adjacent to an activating group) is 1. The van der Waals surface area contributed by atoms with Crippen molar-refractivity contribution in [2.24, 2.45) is 0 Å². The molecule has 28 heavy (non-hydrogen) atoms. The van der Waals surface area contributed by atoms with Crippen LogP contribution in [0.25, 0.3) is 0 Å². The molecule has 9 heteroatoms. The van der Waals surface area contributed by atoms with Crippen molar-refractivity contribution in [3.05, 3.63) is 57.7 Å². The van der Waals surface area contributed by atoms with Crippen molar-refractivity contribution < 1.29 is 14.4 Å². The molecule has 0 aliphatic carbocycles. The van der Waals surface area contributed by atoms with Crippen molar-refractivity contribution in [2.45, 2.75) is 13.0 Å². The molecule has 148 valence electrons. The van der Waals surface area contributed by atoms with Crippen LogP contribution in [0.5, 0.6) is 0 Å². The van der Waals surface area contributed by atoms with Crippen LogP contribution in [0.3, 0.4) is 0 Å². The van der Waals surface area contributed by atoms with Gasteiger partial charge in [0.2, 0.25) is 5.91 Å². The van der Waals surface area contributed by atoms with Crippen LogP contribution in [0, 0.1) is 0 Å². The Labute approximate surface area is 172 Å². The van der Waals surface area contributed by atoms with Crippen molar-refractivity contribution in [1.29, 1.82) is 0 Å². The van der Waals surface area contributed by atoms with E-state index in [9.17, 15) is 14.4 Å². The third-order valence-corrected chi connectivity index (χ3v) is 5.23. The van der Waals surface area contributed by atoms with Crippen molar-refractivity contribution in [2.75, 3.05) is 26.2 Å². The highest BCUT2D eigenvalue weighted by Gasteiger charge is 2.44. The molecule has 0 unspecified atom stereocenters. The Morgan fingerprint density at radius 3 is 2.79 bits per heavy atom. The van der Waals surface area contributed by atoms with E-state index in [0.29, 0.717) is 40.0 Å². The maximum atomic E-state index is 13.1. The quantitative estimate of drug-likeness (QED) is 0.690. The summed E-state index contributed by atoms with van der Waals surface area (Å²) in [5.41, 5.74) is 1.58. The van der Waals surface area contributed by atoms with Crippen molar-refractivity contribution in [1.82, 2.24) is 20.4 Å². The first-order chi connectivity index (χ1) is 13.4. The summed E-state index contributed by atoms with van der Waals surface area (Å²) in [5, 5.41) is 6.30. The summed E-state index contributed by atoms with van der Waals surface area (Å²) in [6, 6.07) is 3.89. The van der Waals surface area contributed by atoms with E-state index in [1.165, 1.54) is 9.80 Å². The Bertz CT molecular complexity index is 884. The molecule has 0 radical (unpaired) electrons. The molecule has 2 N–H and O–H groups in total. The summed E-state index contributed by atoms with van der Waals surface area (Å²) in [6.45, 7) is 6.16. The SMILES string of the molecule is C=CCNC(=O)CN1CC2=C(C1=O)[C@@H](c1ccc(Cl)cc1Cl)NC(=O)N2CC. The molecule has 0 saturated carbocycles. The van der Waals surface area contributed by atoms with Gasteiger partial charge in [-0.1, -0.05) is 35.3 Å². The second kappa shape index (κ2) is 8.24. The van der Waals surface area contributed by atoms with E-state index < -0.39 is 6.04 Å². The van der Waals surface area contributed by atoms with Crippen LogP contribution in [-0.2, 0) is 9.59 Å². The van der Waals surface area contributed by atoms with E-state index in [-0.39, 0.29) is 30.9 Å². The van der Waals surface area contributed by atoms with Gasteiger partial charge in [0.25, 0.3) is 5.91 Å². The number of nitrogens with zero attached hydrogens (tertiary/aromatic N) is 2. The molecular formula is C19H20Cl2N4O3. The van der Waals surface area contributed by atoms with Crippen LogP contribution in [0.1, 0.15) is 18.5 Å². The minimum absolute atomic E-state index is 0.105. The molecule has 0 saturated heterocycles. The molecule has 0 aromatic heterocycles. The highest BCUT2D eigenvalue weighted by Crippen LogP contribution is 2.39. The number of halogens is 2. The van der Waals surface area contributed by atoms with E-state index in [4.69, 9.17) is 23.2 Å². The van der Waals surface area contributed by atoms with Crippen molar-refractivity contribution in [3.63, 3.8) is 0 Å². The molecule has 1 atom stereocenters. The number of nitrogens with one attached hydrogen (secondary N) is 2. The first kappa shape index (κ1) is 20.2. The molecule has 1 aromatic carbocycles. The molecule has 4 amide bonds. The molecule has 3 rings (SSSR count). The number of urea groups is 1. The van der Waals surface area contributed by atoms with Crippen LogP contribution in [-0.4, -0.2) is 53.8 Å². The molecule has 7 nitrogen and oxygen atoms in total. The van der Waals surface area contributed by atoms with E-state index in [2.05, 4.69) is 17.2 Å². The zero-order valence-electron chi connectivity index (χ0n) is 15.3. The normalized spacial score (nSPS) is 18.9. The topological polar surface area (TPSA) is 81.8 Å². The maximum Gasteiger partial charge on any atom is 0.322 e. The van der Waals surface area contributed by atoms with E-state index in [1.54, 1.807) is 24.3 Å². The van der Waals surface area contributed by atoms with E-state index in [0.717, 1.165) is 0 Å². The first-order valence-corrected chi connectivity index (χ1v) is 9.55. The lowest BCUT2D eigenvalue weighted by molar-refractivity contribution is -0.131. The Hall–Kier alpha value is -2.51. The van der Waals surface area contributed by atoms with Crippen molar-refractivity contribution >= 4 is 41.0 Å². The standard InChI is InChI=1S/C19H20Cl2N4O3/c1-3-7-22-15(26)10-24-9-14-16(18(24)27)17(23-19(28)25(14)4-2)12-6-5-11(20)8-13(12)21/h3,5-6,8,17H,1,4,7,9-10H2,2H3,(H,22,26)(H,23,28)/t17-/m1/s1. The highest BCUT2D eigenvalue weighted by molar-refractivity contribution is 6.35. The average molecular weight is 423 g/mol.